The number of ether oxygens (including phenoxy) is 1. The van der Waals surface area contributed by atoms with Crippen molar-refractivity contribution in [1.29, 1.82) is 0 Å². The molecular weight excluding hydrogens is 346 g/mol. The molecule has 0 atom stereocenters. The maximum absolute atomic E-state index is 12.2. The van der Waals surface area contributed by atoms with Gasteiger partial charge in [0.2, 0.25) is 0 Å². The number of hydrogen-bond donors (Lipinski definition) is 2. The van der Waals surface area contributed by atoms with Gasteiger partial charge in [0, 0.05) is 10.7 Å². The number of amides is 1. The predicted molar refractivity (Wildman–Crippen MR) is 82.3 cm³/mol. The quantitative estimate of drug-likeness (QED) is 0.884. The third-order valence-corrected chi connectivity index (χ3v) is 3.33. The normalized spacial score (nSPS) is 10.2. The fourth-order valence-corrected chi connectivity index (χ4v) is 2.15. The fraction of sp³-hybridized carbons (Fsp3) is 0.0769. The second-order valence-electron chi connectivity index (χ2n) is 3.89. The summed E-state index contributed by atoms with van der Waals surface area (Å²) in [6, 6.07) is 6.70. The number of rotatable bonds is 3. The molecule has 0 saturated carbocycles. The Labute approximate surface area is 129 Å². The van der Waals surface area contributed by atoms with Crippen LogP contribution in [0, 0.1) is 0 Å². The van der Waals surface area contributed by atoms with Crippen molar-refractivity contribution in [3.63, 3.8) is 0 Å². The van der Waals surface area contributed by atoms with Gasteiger partial charge in [0.25, 0.3) is 5.91 Å². The van der Waals surface area contributed by atoms with Crippen LogP contribution in [0.4, 0.5) is 11.5 Å². The number of nitrogens with two attached hydrogens (primary N) is 1. The first-order valence-corrected chi connectivity index (χ1v) is 6.74. The summed E-state index contributed by atoms with van der Waals surface area (Å²) in [4.78, 5) is 16.0. The molecule has 1 amide bonds. The van der Waals surface area contributed by atoms with E-state index in [1.54, 1.807) is 12.1 Å². The topological polar surface area (TPSA) is 77.2 Å². The van der Waals surface area contributed by atoms with Crippen LogP contribution in [0.1, 0.15) is 10.4 Å². The van der Waals surface area contributed by atoms with Crippen molar-refractivity contribution in [2.45, 2.75) is 0 Å². The molecule has 1 aromatic heterocycles. The molecule has 20 heavy (non-hydrogen) atoms. The van der Waals surface area contributed by atoms with Crippen LogP contribution in [0.25, 0.3) is 0 Å². The maximum atomic E-state index is 12.2. The molecule has 5 nitrogen and oxygen atoms in total. The van der Waals surface area contributed by atoms with Gasteiger partial charge in [-0.3, -0.25) is 4.79 Å². The molecule has 0 unspecified atom stereocenters. The number of aromatic nitrogens is 1. The number of carbonyl (C=O) groups excluding carboxylic acids is 1. The number of nitrogen functional groups attached to an aromatic ring is 1. The van der Waals surface area contributed by atoms with Crippen LogP contribution >= 0.6 is 27.5 Å². The highest BCUT2D eigenvalue weighted by atomic mass is 79.9. The van der Waals surface area contributed by atoms with Crippen LogP contribution in [0.3, 0.4) is 0 Å². The molecule has 0 spiro atoms. The first-order chi connectivity index (χ1) is 9.51. The number of nitrogens with zero attached hydrogens (tertiary/aromatic N) is 1. The first-order valence-electron chi connectivity index (χ1n) is 5.57. The van der Waals surface area contributed by atoms with Crippen LogP contribution in [0.5, 0.6) is 5.75 Å². The zero-order chi connectivity index (χ0) is 14.7. The molecule has 0 saturated heterocycles. The lowest BCUT2D eigenvalue weighted by Gasteiger charge is -2.11. The van der Waals surface area contributed by atoms with Crippen molar-refractivity contribution in [2.24, 2.45) is 0 Å². The average molecular weight is 357 g/mol. The minimum Gasteiger partial charge on any atom is -0.495 e. The van der Waals surface area contributed by atoms with Crippen molar-refractivity contribution in [3.05, 3.63) is 45.5 Å². The van der Waals surface area contributed by atoms with Crippen molar-refractivity contribution in [3.8, 4) is 5.75 Å². The Balaban J connectivity index is 2.32. The summed E-state index contributed by atoms with van der Waals surface area (Å²) in [5, 5.41) is 2.95. The highest BCUT2D eigenvalue weighted by Crippen LogP contribution is 2.29. The zero-order valence-corrected chi connectivity index (χ0v) is 12.8. The lowest BCUT2D eigenvalue weighted by molar-refractivity contribution is 0.102. The second-order valence-corrected chi connectivity index (χ2v) is 5.21. The lowest BCUT2D eigenvalue weighted by Crippen LogP contribution is -2.14. The van der Waals surface area contributed by atoms with Crippen molar-refractivity contribution < 1.29 is 9.53 Å². The van der Waals surface area contributed by atoms with E-state index in [0.717, 1.165) is 4.47 Å². The van der Waals surface area contributed by atoms with E-state index >= 15 is 0 Å². The average Bonchev–Trinajstić information content (AvgIpc) is 2.41. The molecule has 1 heterocycles. The molecular formula is C13H11BrClN3O2. The van der Waals surface area contributed by atoms with Crippen LogP contribution < -0.4 is 15.8 Å². The van der Waals surface area contributed by atoms with Crippen molar-refractivity contribution in [1.82, 2.24) is 4.98 Å². The van der Waals surface area contributed by atoms with Gasteiger partial charge in [-0.05, 0) is 24.3 Å². The standard InChI is InChI=1S/C13H11BrClN3O2/c1-20-11-3-2-7(14)4-10(11)18-13(19)8-5-12(16)17-6-9(8)15/h2-6H,1H3,(H2,16,17)(H,18,19). The van der Waals surface area contributed by atoms with E-state index in [9.17, 15) is 4.79 Å². The van der Waals surface area contributed by atoms with Gasteiger partial charge in [-0.15, -0.1) is 0 Å². The molecule has 0 bridgehead atoms. The maximum Gasteiger partial charge on any atom is 0.257 e. The van der Waals surface area contributed by atoms with E-state index in [0.29, 0.717) is 11.4 Å². The number of anilines is 2. The molecule has 2 aromatic rings. The summed E-state index contributed by atoms with van der Waals surface area (Å²) < 4.78 is 6.00. The van der Waals surface area contributed by atoms with Gasteiger partial charge in [0.15, 0.2) is 0 Å². The van der Waals surface area contributed by atoms with E-state index in [1.165, 1.54) is 19.4 Å². The number of pyridine rings is 1. The SMILES string of the molecule is COc1ccc(Br)cc1NC(=O)c1cc(N)ncc1Cl. The van der Waals surface area contributed by atoms with E-state index in [2.05, 4.69) is 26.2 Å². The van der Waals surface area contributed by atoms with E-state index < -0.39 is 0 Å². The van der Waals surface area contributed by atoms with Gasteiger partial charge in [0.1, 0.15) is 11.6 Å². The molecule has 0 aliphatic carbocycles. The first kappa shape index (κ1) is 14.6. The van der Waals surface area contributed by atoms with Crippen LogP contribution in [0.2, 0.25) is 5.02 Å². The monoisotopic (exact) mass is 355 g/mol. The Kier molecular flexibility index (Phi) is 4.46. The number of carbonyl (C=O) groups is 1. The fourth-order valence-electron chi connectivity index (χ4n) is 1.60. The number of hydrogen-bond acceptors (Lipinski definition) is 4. The molecule has 0 aliphatic heterocycles. The van der Waals surface area contributed by atoms with Crippen LogP contribution in [0.15, 0.2) is 34.9 Å². The van der Waals surface area contributed by atoms with E-state index in [1.807, 2.05) is 6.07 Å². The summed E-state index contributed by atoms with van der Waals surface area (Å²) in [6.45, 7) is 0. The minimum atomic E-state index is -0.388. The Bertz CT molecular complexity index is 664. The number of benzene rings is 1. The summed E-state index contributed by atoms with van der Waals surface area (Å²) in [5.41, 5.74) is 6.33. The summed E-state index contributed by atoms with van der Waals surface area (Å²) in [7, 11) is 1.52. The summed E-state index contributed by atoms with van der Waals surface area (Å²) in [6.07, 6.45) is 1.34. The van der Waals surface area contributed by atoms with Crippen molar-refractivity contribution >= 4 is 44.9 Å². The van der Waals surface area contributed by atoms with Gasteiger partial charge in [-0.2, -0.15) is 0 Å². The molecule has 0 fully saturated rings. The minimum absolute atomic E-state index is 0.223. The van der Waals surface area contributed by atoms with Crippen LogP contribution in [-0.2, 0) is 0 Å². The molecule has 7 heteroatoms. The highest BCUT2D eigenvalue weighted by Gasteiger charge is 2.14. The van der Waals surface area contributed by atoms with Gasteiger partial charge >= 0.3 is 0 Å². The Morgan fingerprint density at radius 1 is 1.45 bits per heavy atom. The van der Waals surface area contributed by atoms with E-state index in [-0.39, 0.29) is 22.3 Å². The smallest absolute Gasteiger partial charge is 0.257 e. The molecule has 2 rings (SSSR count). The summed E-state index contributed by atoms with van der Waals surface area (Å²) in [5.74, 6) is 0.376. The van der Waals surface area contributed by atoms with E-state index in [4.69, 9.17) is 22.1 Å². The van der Waals surface area contributed by atoms with Gasteiger partial charge in [-0.25, -0.2) is 4.98 Å². The number of halogens is 2. The second kappa shape index (κ2) is 6.11. The van der Waals surface area contributed by atoms with Gasteiger partial charge in [0.05, 0.1) is 23.4 Å². The highest BCUT2D eigenvalue weighted by molar-refractivity contribution is 9.10. The number of nitrogens with one attached hydrogen (secondary N) is 1. The number of methoxy groups -OCH3 is 1. The zero-order valence-electron chi connectivity index (χ0n) is 10.5. The Hall–Kier alpha value is -1.79. The Morgan fingerprint density at radius 3 is 2.90 bits per heavy atom. The molecule has 1 aromatic carbocycles. The molecule has 104 valence electrons. The summed E-state index contributed by atoms with van der Waals surface area (Å²) >= 11 is 9.28. The third-order valence-electron chi connectivity index (χ3n) is 2.53. The third kappa shape index (κ3) is 3.20. The van der Waals surface area contributed by atoms with Gasteiger partial charge < -0.3 is 15.8 Å². The van der Waals surface area contributed by atoms with Gasteiger partial charge in [-0.1, -0.05) is 27.5 Å². The molecule has 3 N–H and O–H groups in total. The molecule has 0 radical (unpaired) electrons. The molecule has 0 aliphatic rings. The Morgan fingerprint density at radius 2 is 2.20 bits per heavy atom. The van der Waals surface area contributed by atoms with Crippen LogP contribution in [-0.4, -0.2) is 18.0 Å². The predicted octanol–water partition coefficient (Wildman–Crippen LogP) is 3.34. The largest absolute Gasteiger partial charge is 0.495 e. The van der Waals surface area contributed by atoms with Crippen molar-refractivity contribution in [2.75, 3.05) is 18.2 Å². The lowest BCUT2D eigenvalue weighted by atomic mass is 10.2.